The van der Waals surface area contributed by atoms with Crippen molar-refractivity contribution in [3.05, 3.63) is 90.4 Å². The Labute approximate surface area is 213 Å². The summed E-state index contributed by atoms with van der Waals surface area (Å²) in [5, 5.41) is 2.32. The summed E-state index contributed by atoms with van der Waals surface area (Å²) in [6.45, 7) is 0. The summed E-state index contributed by atoms with van der Waals surface area (Å²) in [6, 6.07) is 12.6. The number of primary amides is 1. The molecule has 0 aliphatic heterocycles. The summed E-state index contributed by atoms with van der Waals surface area (Å²) in [6.07, 6.45) is 5.07. The minimum absolute atomic E-state index is 0.000688. The Morgan fingerprint density at radius 1 is 1.03 bits per heavy atom. The number of nitrogens with one attached hydrogen (secondary N) is 1. The van der Waals surface area contributed by atoms with Crippen LogP contribution in [0.1, 0.15) is 11.5 Å². The molecule has 0 aliphatic carbocycles. The number of imidazole rings is 1. The molecule has 11 heteroatoms. The lowest BCUT2D eigenvalue weighted by Gasteiger charge is -2.16. The fourth-order valence-corrected chi connectivity index (χ4v) is 4.92. The summed E-state index contributed by atoms with van der Waals surface area (Å²) in [4.78, 5) is 34.4. The third-order valence-corrected chi connectivity index (χ3v) is 6.74. The largest absolute Gasteiger partial charge is 0.453 e. The van der Waals surface area contributed by atoms with Gasteiger partial charge in [0.1, 0.15) is 23.3 Å². The van der Waals surface area contributed by atoms with Crippen LogP contribution in [0.25, 0.3) is 20.9 Å². The summed E-state index contributed by atoms with van der Waals surface area (Å²) >= 11 is 1.40. The summed E-state index contributed by atoms with van der Waals surface area (Å²) in [5.74, 6) is -3.93. The maximum Gasteiger partial charge on any atom is 0.241 e. The average Bonchev–Trinajstić information content (AvgIpc) is 3.48. The number of amides is 2. The van der Waals surface area contributed by atoms with Crippen molar-refractivity contribution in [1.82, 2.24) is 14.5 Å². The van der Waals surface area contributed by atoms with Crippen LogP contribution in [0, 0.1) is 11.6 Å². The van der Waals surface area contributed by atoms with Crippen LogP contribution in [-0.2, 0) is 16.6 Å². The highest BCUT2D eigenvalue weighted by molar-refractivity contribution is 7.22. The number of aromatic nitrogens is 3. The first kappa shape index (κ1) is 24.1. The van der Waals surface area contributed by atoms with E-state index in [1.807, 2.05) is 23.9 Å². The van der Waals surface area contributed by atoms with E-state index < -0.39 is 29.4 Å². The number of carbonyl (C=O) groups excluding carboxylic acids is 2. The van der Waals surface area contributed by atoms with Gasteiger partial charge in [0.05, 0.1) is 20.8 Å². The molecule has 5 aromatic rings. The second kappa shape index (κ2) is 9.78. The third kappa shape index (κ3) is 4.76. The molecule has 186 valence electrons. The minimum atomic E-state index is -1.55. The molecule has 8 nitrogen and oxygen atoms in total. The number of thiophene rings is 1. The number of fused-ring (bicyclic) bond motifs is 1. The number of pyridine rings is 1. The Balaban J connectivity index is 1.42. The van der Waals surface area contributed by atoms with Gasteiger partial charge in [-0.15, -0.1) is 11.3 Å². The third-order valence-electron chi connectivity index (χ3n) is 5.60. The lowest BCUT2D eigenvalue weighted by atomic mass is 9.97. The zero-order valence-corrected chi connectivity index (χ0v) is 20.1. The number of anilines is 1. The number of ether oxygens (including phenoxy) is 1. The van der Waals surface area contributed by atoms with Crippen molar-refractivity contribution >= 4 is 39.1 Å². The van der Waals surface area contributed by atoms with Gasteiger partial charge in [0.25, 0.3) is 0 Å². The Kier molecular flexibility index (Phi) is 6.36. The summed E-state index contributed by atoms with van der Waals surface area (Å²) in [5.41, 5.74) is 5.97. The van der Waals surface area contributed by atoms with E-state index in [4.69, 9.17) is 10.5 Å². The van der Waals surface area contributed by atoms with E-state index in [-0.39, 0.29) is 17.0 Å². The highest BCUT2D eigenvalue weighted by Crippen LogP contribution is 2.39. The topological polar surface area (TPSA) is 112 Å². The molecule has 1 atom stereocenters. The van der Waals surface area contributed by atoms with Crippen LogP contribution in [0.5, 0.6) is 11.5 Å². The maximum atomic E-state index is 15.1. The number of para-hydroxylation sites is 1. The first-order valence-corrected chi connectivity index (χ1v) is 11.8. The standard InChI is InChI=1S/C26H19F2N5O3S/c1-33-11-10-31-25(33)21-13-18-23(37-21)20(8-9-30-18)36-19-7-6-14(12-16(19)28)22(24(29)34)26(35)32-17-5-3-2-4-15(17)27/h2-13,22H,1H3,(H2,29,34)(H,32,35). The Bertz CT molecular complexity index is 1650. The molecule has 0 bridgehead atoms. The smallest absolute Gasteiger partial charge is 0.241 e. The second-order valence-corrected chi connectivity index (χ2v) is 9.14. The molecule has 0 fully saturated rings. The fourth-order valence-electron chi connectivity index (χ4n) is 3.82. The van der Waals surface area contributed by atoms with Crippen LogP contribution in [0.2, 0.25) is 0 Å². The molecule has 2 aromatic carbocycles. The van der Waals surface area contributed by atoms with E-state index in [2.05, 4.69) is 15.3 Å². The number of aryl methyl sites for hydroxylation is 1. The van der Waals surface area contributed by atoms with Crippen LogP contribution in [-0.4, -0.2) is 26.3 Å². The van der Waals surface area contributed by atoms with Gasteiger partial charge in [0.15, 0.2) is 11.6 Å². The molecule has 0 spiro atoms. The van der Waals surface area contributed by atoms with Crippen molar-refractivity contribution in [2.45, 2.75) is 5.92 Å². The molecular weight excluding hydrogens is 500 g/mol. The quantitative estimate of drug-likeness (QED) is 0.295. The van der Waals surface area contributed by atoms with Gasteiger partial charge in [-0.1, -0.05) is 18.2 Å². The van der Waals surface area contributed by atoms with Crippen molar-refractivity contribution in [1.29, 1.82) is 0 Å². The van der Waals surface area contributed by atoms with Crippen molar-refractivity contribution in [2.75, 3.05) is 5.32 Å². The molecule has 37 heavy (non-hydrogen) atoms. The number of hydrogen-bond acceptors (Lipinski definition) is 6. The highest BCUT2D eigenvalue weighted by Gasteiger charge is 2.28. The number of rotatable bonds is 7. The molecule has 5 rings (SSSR count). The molecule has 1 unspecified atom stereocenters. The van der Waals surface area contributed by atoms with Gasteiger partial charge in [0, 0.05) is 31.7 Å². The normalized spacial score (nSPS) is 11.9. The predicted octanol–water partition coefficient (Wildman–Crippen LogP) is 4.97. The van der Waals surface area contributed by atoms with Gasteiger partial charge in [-0.25, -0.2) is 13.8 Å². The zero-order chi connectivity index (χ0) is 26.1. The van der Waals surface area contributed by atoms with Crippen LogP contribution in [0.15, 0.2) is 73.2 Å². The Morgan fingerprint density at radius 2 is 1.84 bits per heavy atom. The fraction of sp³-hybridized carbons (Fsp3) is 0.0769. The van der Waals surface area contributed by atoms with E-state index in [1.165, 1.54) is 41.7 Å². The van der Waals surface area contributed by atoms with E-state index in [0.29, 0.717) is 16.0 Å². The molecule has 0 radical (unpaired) electrons. The van der Waals surface area contributed by atoms with Crippen LogP contribution in [0.4, 0.5) is 14.5 Å². The van der Waals surface area contributed by atoms with E-state index in [0.717, 1.165) is 22.8 Å². The summed E-state index contributed by atoms with van der Waals surface area (Å²) < 4.78 is 37.5. The lowest BCUT2D eigenvalue weighted by Crippen LogP contribution is -2.32. The monoisotopic (exact) mass is 519 g/mol. The molecule has 0 aliphatic rings. The molecule has 3 heterocycles. The molecule has 0 saturated carbocycles. The number of nitrogens with two attached hydrogens (primary N) is 1. The zero-order valence-electron chi connectivity index (χ0n) is 19.3. The molecule has 3 N–H and O–H groups in total. The van der Waals surface area contributed by atoms with Crippen LogP contribution in [0.3, 0.4) is 0 Å². The predicted molar refractivity (Wildman–Crippen MR) is 135 cm³/mol. The van der Waals surface area contributed by atoms with Crippen molar-refractivity contribution in [3.63, 3.8) is 0 Å². The highest BCUT2D eigenvalue weighted by atomic mass is 32.1. The van der Waals surface area contributed by atoms with Crippen molar-refractivity contribution in [2.24, 2.45) is 12.8 Å². The van der Waals surface area contributed by atoms with Crippen LogP contribution < -0.4 is 15.8 Å². The van der Waals surface area contributed by atoms with Gasteiger partial charge in [-0.2, -0.15) is 0 Å². The number of benzene rings is 2. The van der Waals surface area contributed by atoms with Gasteiger partial charge in [-0.05, 0) is 35.9 Å². The molecular formula is C26H19F2N5O3S. The van der Waals surface area contributed by atoms with E-state index in [9.17, 15) is 14.0 Å². The molecule has 2 amide bonds. The number of hydrogen-bond donors (Lipinski definition) is 2. The first-order chi connectivity index (χ1) is 17.8. The van der Waals surface area contributed by atoms with Crippen molar-refractivity contribution in [3.8, 4) is 22.2 Å². The minimum Gasteiger partial charge on any atom is -0.453 e. The van der Waals surface area contributed by atoms with Gasteiger partial charge in [-0.3, -0.25) is 14.6 Å². The number of halogens is 2. The van der Waals surface area contributed by atoms with Crippen molar-refractivity contribution < 1.29 is 23.1 Å². The average molecular weight is 520 g/mol. The molecule has 3 aromatic heterocycles. The van der Waals surface area contributed by atoms with E-state index >= 15 is 4.39 Å². The number of carbonyl (C=O) groups is 2. The first-order valence-electron chi connectivity index (χ1n) is 11.0. The Hall–Kier alpha value is -4.64. The number of nitrogens with zero attached hydrogens (tertiary/aromatic N) is 3. The maximum absolute atomic E-state index is 15.1. The summed E-state index contributed by atoms with van der Waals surface area (Å²) in [7, 11) is 1.88. The lowest BCUT2D eigenvalue weighted by molar-refractivity contribution is -0.127. The SMILES string of the molecule is Cn1ccnc1-c1cc2nccc(Oc3ccc(C(C(N)=O)C(=O)Nc4ccccc4F)cc3F)c2s1. The molecule has 0 saturated heterocycles. The van der Waals surface area contributed by atoms with Gasteiger partial charge >= 0.3 is 0 Å². The van der Waals surface area contributed by atoms with Gasteiger partial charge < -0.3 is 20.4 Å². The Morgan fingerprint density at radius 3 is 2.54 bits per heavy atom. The van der Waals surface area contributed by atoms with Crippen LogP contribution >= 0.6 is 11.3 Å². The van der Waals surface area contributed by atoms with Gasteiger partial charge in [0.2, 0.25) is 11.8 Å². The van der Waals surface area contributed by atoms with E-state index in [1.54, 1.807) is 18.5 Å². The second-order valence-electron chi connectivity index (χ2n) is 8.09.